The van der Waals surface area contributed by atoms with Crippen LogP contribution in [0.4, 0.5) is 0 Å². The molecule has 118 valence electrons. The van der Waals surface area contributed by atoms with Gasteiger partial charge in [0.15, 0.2) is 0 Å². The SMILES string of the molecule is O=C(NCc1[nH]nc2ccccc12)c1cc(-c2ccccc2)n[nH]1. The lowest BCUT2D eigenvalue weighted by atomic mass is 10.1. The number of aromatic nitrogens is 4. The second-order valence-corrected chi connectivity index (χ2v) is 5.43. The van der Waals surface area contributed by atoms with Gasteiger partial charge in [-0.1, -0.05) is 48.5 Å². The number of nitrogens with one attached hydrogen (secondary N) is 3. The van der Waals surface area contributed by atoms with E-state index in [4.69, 9.17) is 0 Å². The molecule has 3 N–H and O–H groups in total. The standard InChI is InChI=1S/C18H15N5O/c24-18(16-10-15(21-22-16)12-6-2-1-3-7-12)19-11-17-13-8-4-5-9-14(13)20-23-17/h1-10H,11H2,(H,19,24)(H,20,23)(H,21,22). The fraction of sp³-hybridized carbons (Fsp3) is 0.0556. The van der Waals surface area contributed by atoms with Gasteiger partial charge in [0.1, 0.15) is 5.69 Å². The normalized spacial score (nSPS) is 10.8. The van der Waals surface area contributed by atoms with E-state index in [9.17, 15) is 4.79 Å². The molecule has 4 aromatic rings. The highest BCUT2D eigenvalue weighted by Gasteiger charge is 2.12. The first-order chi connectivity index (χ1) is 11.8. The zero-order valence-corrected chi connectivity index (χ0v) is 12.8. The summed E-state index contributed by atoms with van der Waals surface area (Å²) in [4.78, 5) is 12.3. The molecule has 0 saturated carbocycles. The second kappa shape index (κ2) is 6.00. The number of para-hydroxylation sites is 1. The van der Waals surface area contributed by atoms with Gasteiger partial charge in [-0.3, -0.25) is 15.0 Å². The number of carbonyl (C=O) groups is 1. The van der Waals surface area contributed by atoms with Crippen molar-refractivity contribution < 1.29 is 4.79 Å². The van der Waals surface area contributed by atoms with E-state index in [1.54, 1.807) is 6.07 Å². The lowest BCUT2D eigenvalue weighted by Gasteiger charge is -2.01. The molecule has 0 bridgehead atoms. The maximum absolute atomic E-state index is 12.3. The maximum atomic E-state index is 12.3. The predicted molar refractivity (Wildman–Crippen MR) is 91.3 cm³/mol. The minimum atomic E-state index is -0.205. The van der Waals surface area contributed by atoms with E-state index >= 15 is 0 Å². The van der Waals surface area contributed by atoms with E-state index in [1.165, 1.54) is 0 Å². The molecule has 0 unspecified atom stereocenters. The van der Waals surface area contributed by atoms with E-state index in [1.807, 2.05) is 54.6 Å². The van der Waals surface area contributed by atoms with Crippen molar-refractivity contribution >= 4 is 16.8 Å². The summed E-state index contributed by atoms with van der Waals surface area (Å²) in [5, 5.41) is 18.0. The van der Waals surface area contributed by atoms with Gasteiger partial charge in [0.05, 0.1) is 23.4 Å². The molecule has 0 radical (unpaired) electrons. The Kier molecular flexibility index (Phi) is 3.55. The molecule has 0 fully saturated rings. The molecular weight excluding hydrogens is 302 g/mol. The molecule has 2 aromatic heterocycles. The van der Waals surface area contributed by atoms with Crippen molar-refractivity contribution in [3.8, 4) is 11.3 Å². The lowest BCUT2D eigenvalue weighted by Crippen LogP contribution is -2.23. The zero-order chi connectivity index (χ0) is 16.4. The van der Waals surface area contributed by atoms with Crippen LogP contribution in [-0.2, 0) is 6.54 Å². The van der Waals surface area contributed by atoms with Gasteiger partial charge in [-0.05, 0) is 12.1 Å². The average molecular weight is 317 g/mol. The highest BCUT2D eigenvalue weighted by Crippen LogP contribution is 2.17. The number of rotatable bonds is 4. The van der Waals surface area contributed by atoms with Crippen LogP contribution in [0.15, 0.2) is 60.7 Å². The molecule has 2 aromatic carbocycles. The quantitative estimate of drug-likeness (QED) is 0.541. The molecule has 6 heteroatoms. The van der Waals surface area contributed by atoms with Crippen LogP contribution in [0.3, 0.4) is 0 Å². The van der Waals surface area contributed by atoms with Gasteiger partial charge in [-0.25, -0.2) is 0 Å². The minimum Gasteiger partial charge on any atom is -0.345 e. The molecule has 1 amide bonds. The highest BCUT2D eigenvalue weighted by atomic mass is 16.1. The molecule has 6 nitrogen and oxygen atoms in total. The number of aromatic amines is 2. The first-order valence-corrected chi connectivity index (χ1v) is 7.62. The number of H-pyrrole nitrogens is 2. The van der Waals surface area contributed by atoms with Crippen molar-refractivity contribution in [2.24, 2.45) is 0 Å². The molecule has 0 atom stereocenters. The summed E-state index contributed by atoms with van der Waals surface area (Å²) in [5.74, 6) is -0.205. The van der Waals surface area contributed by atoms with E-state index in [2.05, 4.69) is 25.7 Å². The fourth-order valence-electron chi connectivity index (χ4n) is 2.61. The summed E-state index contributed by atoms with van der Waals surface area (Å²) in [5.41, 5.74) is 3.90. The van der Waals surface area contributed by atoms with E-state index in [-0.39, 0.29) is 5.91 Å². The molecule has 2 heterocycles. The number of benzene rings is 2. The van der Waals surface area contributed by atoms with Crippen molar-refractivity contribution in [3.63, 3.8) is 0 Å². The predicted octanol–water partition coefficient (Wildman–Crippen LogP) is 2.88. The van der Waals surface area contributed by atoms with Gasteiger partial charge in [0, 0.05) is 10.9 Å². The van der Waals surface area contributed by atoms with Gasteiger partial charge >= 0.3 is 0 Å². The van der Waals surface area contributed by atoms with Gasteiger partial charge in [0.2, 0.25) is 0 Å². The van der Waals surface area contributed by atoms with Crippen molar-refractivity contribution in [2.45, 2.75) is 6.54 Å². The summed E-state index contributed by atoms with van der Waals surface area (Å²) >= 11 is 0. The second-order valence-electron chi connectivity index (χ2n) is 5.43. The largest absolute Gasteiger partial charge is 0.345 e. The van der Waals surface area contributed by atoms with Crippen LogP contribution < -0.4 is 5.32 Å². The van der Waals surface area contributed by atoms with Crippen LogP contribution in [-0.4, -0.2) is 26.3 Å². The molecule has 24 heavy (non-hydrogen) atoms. The van der Waals surface area contributed by atoms with Crippen LogP contribution in [0.5, 0.6) is 0 Å². The highest BCUT2D eigenvalue weighted by molar-refractivity contribution is 5.93. The smallest absolute Gasteiger partial charge is 0.269 e. The third kappa shape index (κ3) is 2.65. The molecule has 0 saturated heterocycles. The molecule has 0 aliphatic rings. The third-order valence-corrected chi connectivity index (χ3v) is 3.86. The van der Waals surface area contributed by atoms with Crippen molar-refractivity contribution in [3.05, 3.63) is 72.1 Å². The topological polar surface area (TPSA) is 86.5 Å². The Morgan fingerprint density at radius 2 is 1.75 bits per heavy atom. The molecular formula is C18H15N5O. The monoisotopic (exact) mass is 317 g/mol. The average Bonchev–Trinajstić information content (AvgIpc) is 3.28. The zero-order valence-electron chi connectivity index (χ0n) is 12.8. The number of carbonyl (C=O) groups excluding carboxylic acids is 1. The van der Waals surface area contributed by atoms with Gasteiger partial charge in [-0.15, -0.1) is 0 Å². The van der Waals surface area contributed by atoms with Crippen molar-refractivity contribution in [2.75, 3.05) is 0 Å². The molecule has 4 rings (SSSR count). The van der Waals surface area contributed by atoms with E-state index in [0.29, 0.717) is 12.2 Å². The van der Waals surface area contributed by atoms with Crippen LogP contribution in [0.1, 0.15) is 16.2 Å². The minimum absolute atomic E-state index is 0.205. The summed E-state index contributed by atoms with van der Waals surface area (Å²) in [6.07, 6.45) is 0. The summed E-state index contributed by atoms with van der Waals surface area (Å²) in [6, 6.07) is 19.3. The van der Waals surface area contributed by atoms with Gasteiger partial charge in [-0.2, -0.15) is 10.2 Å². The number of nitrogens with zero attached hydrogens (tertiary/aromatic N) is 2. The van der Waals surface area contributed by atoms with Crippen LogP contribution in [0, 0.1) is 0 Å². The lowest BCUT2D eigenvalue weighted by molar-refractivity contribution is 0.0945. The number of fused-ring (bicyclic) bond motifs is 1. The molecule has 0 spiro atoms. The van der Waals surface area contributed by atoms with Crippen molar-refractivity contribution in [1.29, 1.82) is 0 Å². The Balaban J connectivity index is 1.48. The Labute approximate surface area is 137 Å². The Morgan fingerprint density at radius 3 is 2.62 bits per heavy atom. The van der Waals surface area contributed by atoms with Crippen LogP contribution >= 0.6 is 0 Å². The molecule has 0 aliphatic carbocycles. The number of hydrogen-bond acceptors (Lipinski definition) is 3. The maximum Gasteiger partial charge on any atom is 0.269 e. The molecule has 0 aliphatic heterocycles. The Hall–Kier alpha value is -3.41. The summed E-state index contributed by atoms with van der Waals surface area (Å²) < 4.78 is 0. The first kappa shape index (κ1) is 14.2. The van der Waals surface area contributed by atoms with Crippen molar-refractivity contribution in [1.82, 2.24) is 25.7 Å². The summed E-state index contributed by atoms with van der Waals surface area (Å²) in [7, 11) is 0. The van der Waals surface area contributed by atoms with Gasteiger partial charge in [0.25, 0.3) is 5.91 Å². The van der Waals surface area contributed by atoms with E-state index < -0.39 is 0 Å². The fourth-order valence-corrected chi connectivity index (χ4v) is 2.61. The number of amides is 1. The van der Waals surface area contributed by atoms with Crippen LogP contribution in [0.25, 0.3) is 22.2 Å². The Bertz CT molecular complexity index is 987. The van der Waals surface area contributed by atoms with Gasteiger partial charge < -0.3 is 5.32 Å². The van der Waals surface area contributed by atoms with E-state index in [0.717, 1.165) is 27.9 Å². The third-order valence-electron chi connectivity index (χ3n) is 3.86. The number of hydrogen-bond donors (Lipinski definition) is 3. The summed E-state index contributed by atoms with van der Waals surface area (Å²) in [6.45, 7) is 0.374. The first-order valence-electron chi connectivity index (χ1n) is 7.62. The van der Waals surface area contributed by atoms with Crippen LogP contribution in [0.2, 0.25) is 0 Å². The Morgan fingerprint density at radius 1 is 0.958 bits per heavy atom.